The van der Waals surface area contributed by atoms with Gasteiger partial charge in [0.25, 0.3) is 5.91 Å². The Morgan fingerprint density at radius 3 is 2.43 bits per heavy atom. The third-order valence-corrected chi connectivity index (χ3v) is 4.56. The Hall–Kier alpha value is -1.31. The zero-order valence-corrected chi connectivity index (χ0v) is 14.5. The molecule has 1 aliphatic heterocycles. The molecule has 6 heteroatoms. The SMILES string of the molecule is CN(C)C(=O)NC1CCN(C(=O)c2ccccc2I)CC1. The highest BCUT2D eigenvalue weighted by Gasteiger charge is 2.25. The van der Waals surface area contributed by atoms with Crippen LogP contribution in [0.1, 0.15) is 23.2 Å². The van der Waals surface area contributed by atoms with E-state index in [0.29, 0.717) is 13.1 Å². The normalized spacial score (nSPS) is 15.7. The summed E-state index contributed by atoms with van der Waals surface area (Å²) in [4.78, 5) is 27.5. The number of urea groups is 1. The van der Waals surface area contributed by atoms with Crippen LogP contribution in [-0.2, 0) is 0 Å². The number of likely N-dealkylation sites (tertiary alicyclic amines) is 1. The molecule has 2 rings (SSSR count). The molecule has 1 fully saturated rings. The Morgan fingerprint density at radius 1 is 1.24 bits per heavy atom. The van der Waals surface area contributed by atoms with Crippen LogP contribution in [0, 0.1) is 3.57 Å². The molecule has 114 valence electrons. The van der Waals surface area contributed by atoms with E-state index in [2.05, 4.69) is 27.9 Å². The fraction of sp³-hybridized carbons (Fsp3) is 0.467. The number of amides is 3. The van der Waals surface area contributed by atoms with Crippen LogP contribution in [-0.4, -0.2) is 55.0 Å². The molecule has 0 atom stereocenters. The number of hydrogen-bond acceptors (Lipinski definition) is 2. The van der Waals surface area contributed by atoms with E-state index < -0.39 is 0 Å². The smallest absolute Gasteiger partial charge is 0.317 e. The minimum absolute atomic E-state index is 0.0719. The van der Waals surface area contributed by atoms with Crippen molar-refractivity contribution in [3.05, 3.63) is 33.4 Å². The molecule has 0 aromatic heterocycles. The van der Waals surface area contributed by atoms with Crippen molar-refractivity contribution in [2.75, 3.05) is 27.2 Å². The monoisotopic (exact) mass is 401 g/mol. The average Bonchev–Trinajstić information content (AvgIpc) is 2.47. The van der Waals surface area contributed by atoms with Gasteiger partial charge in [-0.05, 0) is 47.6 Å². The van der Waals surface area contributed by atoms with Crippen molar-refractivity contribution >= 4 is 34.5 Å². The number of benzene rings is 1. The maximum Gasteiger partial charge on any atom is 0.317 e. The Labute approximate surface area is 138 Å². The highest BCUT2D eigenvalue weighted by Crippen LogP contribution is 2.18. The first-order valence-electron chi connectivity index (χ1n) is 7.00. The van der Waals surface area contributed by atoms with Crippen molar-refractivity contribution in [2.45, 2.75) is 18.9 Å². The van der Waals surface area contributed by atoms with Crippen LogP contribution in [0.4, 0.5) is 4.79 Å². The molecule has 1 heterocycles. The molecule has 1 aromatic carbocycles. The lowest BCUT2D eigenvalue weighted by molar-refractivity contribution is 0.0706. The predicted molar refractivity (Wildman–Crippen MR) is 90.3 cm³/mol. The fourth-order valence-corrected chi connectivity index (χ4v) is 2.95. The van der Waals surface area contributed by atoms with Crippen molar-refractivity contribution in [1.29, 1.82) is 0 Å². The summed E-state index contributed by atoms with van der Waals surface area (Å²) < 4.78 is 0.975. The van der Waals surface area contributed by atoms with E-state index in [9.17, 15) is 9.59 Å². The van der Waals surface area contributed by atoms with E-state index in [0.717, 1.165) is 22.0 Å². The third-order valence-electron chi connectivity index (χ3n) is 3.62. The van der Waals surface area contributed by atoms with Crippen molar-refractivity contribution in [3.63, 3.8) is 0 Å². The Morgan fingerprint density at radius 2 is 1.86 bits per heavy atom. The van der Waals surface area contributed by atoms with Crippen LogP contribution in [0.5, 0.6) is 0 Å². The van der Waals surface area contributed by atoms with E-state index in [-0.39, 0.29) is 18.0 Å². The van der Waals surface area contributed by atoms with Gasteiger partial charge in [-0.2, -0.15) is 0 Å². The van der Waals surface area contributed by atoms with E-state index >= 15 is 0 Å². The molecule has 1 N–H and O–H groups in total. The predicted octanol–water partition coefficient (Wildman–Crippen LogP) is 2.17. The number of hydrogen-bond donors (Lipinski definition) is 1. The van der Waals surface area contributed by atoms with Gasteiger partial charge >= 0.3 is 6.03 Å². The first kappa shape index (κ1) is 16.1. The van der Waals surface area contributed by atoms with Gasteiger partial charge in [0.2, 0.25) is 0 Å². The van der Waals surface area contributed by atoms with Crippen molar-refractivity contribution in [3.8, 4) is 0 Å². The van der Waals surface area contributed by atoms with Gasteiger partial charge in [-0.1, -0.05) is 12.1 Å². The van der Waals surface area contributed by atoms with Crippen LogP contribution < -0.4 is 5.32 Å². The summed E-state index contributed by atoms with van der Waals surface area (Å²) in [5, 5.41) is 2.98. The minimum Gasteiger partial charge on any atom is -0.338 e. The number of nitrogens with one attached hydrogen (secondary N) is 1. The molecule has 1 saturated heterocycles. The highest BCUT2D eigenvalue weighted by atomic mass is 127. The lowest BCUT2D eigenvalue weighted by atomic mass is 10.0. The molecule has 0 bridgehead atoms. The number of carbonyl (C=O) groups excluding carboxylic acids is 2. The standard InChI is InChI=1S/C15H20IN3O2/c1-18(2)15(21)17-11-7-9-19(10-8-11)14(20)12-5-3-4-6-13(12)16/h3-6,11H,7-10H2,1-2H3,(H,17,21). The Bertz CT molecular complexity index is 525. The van der Waals surface area contributed by atoms with Gasteiger partial charge in [0.15, 0.2) is 0 Å². The maximum absolute atomic E-state index is 12.5. The molecule has 0 unspecified atom stereocenters. The van der Waals surface area contributed by atoms with Crippen LogP contribution in [0.3, 0.4) is 0 Å². The van der Waals surface area contributed by atoms with Crippen LogP contribution in [0.25, 0.3) is 0 Å². The van der Waals surface area contributed by atoms with Gasteiger partial charge in [-0.3, -0.25) is 4.79 Å². The van der Waals surface area contributed by atoms with Gasteiger partial charge in [-0.15, -0.1) is 0 Å². The number of rotatable bonds is 2. The number of halogens is 1. The van der Waals surface area contributed by atoms with Gasteiger partial charge in [0.05, 0.1) is 5.56 Å². The van der Waals surface area contributed by atoms with Gasteiger partial charge in [0.1, 0.15) is 0 Å². The van der Waals surface area contributed by atoms with Gasteiger partial charge in [0, 0.05) is 36.8 Å². The lowest BCUT2D eigenvalue weighted by Crippen LogP contribution is -2.48. The molecule has 5 nitrogen and oxygen atoms in total. The zero-order valence-electron chi connectivity index (χ0n) is 12.3. The second-order valence-corrected chi connectivity index (χ2v) is 6.55. The minimum atomic E-state index is -0.0719. The van der Waals surface area contributed by atoms with Gasteiger partial charge in [-0.25, -0.2) is 4.79 Å². The van der Waals surface area contributed by atoms with E-state index in [4.69, 9.17) is 0 Å². The summed E-state index contributed by atoms with van der Waals surface area (Å²) in [7, 11) is 3.46. The summed E-state index contributed by atoms with van der Waals surface area (Å²) in [5.41, 5.74) is 0.758. The molecular weight excluding hydrogens is 381 g/mol. The second kappa shape index (κ2) is 7.11. The molecule has 3 amide bonds. The third kappa shape index (κ3) is 4.09. The van der Waals surface area contributed by atoms with Gasteiger partial charge < -0.3 is 15.1 Å². The summed E-state index contributed by atoms with van der Waals surface area (Å²) in [5.74, 6) is 0.0809. The van der Waals surface area contributed by atoms with Crippen molar-refractivity contribution < 1.29 is 9.59 Å². The quantitative estimate of drug-likeness (QED) is 0.773. The average molecular weight is 401 g/mol. The first-order chi connectivity index (χ1) is 9.99. The molecular formula is C15H20IN3O2. The zero-order chi connectivity index (χ0) is 15.4. The first-order valence-corrected chi connectivity index (χ1v) is 8.08. The molecule has 21 heavy (non-hydrogen) atoms. The molecule has 1 aliphatic rings. The topological polar surface area (TPSA) is 52.7 Å². The molecule has 1 aromatic rings. The molecule has 0 spiro atoms. The molecule has 0 saturated carbocycles. The number of carbonyl (C=O) groups is 2. The number of nitrogens with zero attached hydrogens (tertiary/aromatic N) is 2. The summed E-state index contributed by atoms with van der Waals surface area (Å²) in [6, 6.07) is 7.71. The van der Waals surface area contributed by atoms with Crippen molar-refractivity contribution in [1.82, 2.24) is 15.1 Å². The Balaban J connectivity index is 1.91. The second-order valence-electron chi connectivity index (χ2n) is 5.39. The van der Waals surface area contributed by atoms with E-state index in [1.807, 2.05) is 29.2 Å². The van der Waals surface area contributed by atoms with E-state index in [1.54, 1.807) is 14.1 Å². The van der Waals surface area contributed by atoms with E-state index in [1.165, 1.54) is 4.90 Å². The van der Waals surface area contributed by atoms with Crippen LogP contribution in [0.2, 0.25) is 0 Å². The van der Waals surface area contributed by atoms with Crippen molar-refractivity contribution in [2.24, 2.45) is 0 Å². The lowest BCUT2D eigenvalue weighted by Gasteiger charge is -2.33. The van der Waals surface area contributed by atoms with Crippen LogP contribution in [0.15, 0.2) is 24.3 Å². The summed E-state index contributed by atoms with van der Waals surface area (Å²) in [6.45, 7) is 1.37. The fourth-order valence-electron chi connectivity index (χ4n) is 2.34. The largest absolute Gasteiger partial charge is 0.338 e. The molecule has 0 radical (unpaired) electrons. The summed E-state index contributed by atoms with van der Waals surface area (Å²) in [6.07, 6.45) is 1.60. The Kier molecular flexibility index (Phi) is 5.44. The summed E-state index contributed by atoms with van der Waals surface area (Å²) >= 11 is 2.19. The highest BCUT2D eigenvalue weighted by molar-refractivity contribution is 14.1. The number of piperidine rings is 1. The maximum atomic E-state index is 12.5. The molecule has 0 aliphatic carbocycles. The van der Waals surface area contributed by atoms with Crippen LogP contribution >= 0.6 is 22.6 Å².